The number of hydrogen-bond acceptors (Lipinski definition) is 7. The summed E-state index contributed by atoms with van der Waals surface area (Å²) in [4.78, 5) is 16.0. The Morgan fingerprint density at radius 1 is 1.61 bits per heavy atom. The zero-order valence-corrected chi connectivity index (χ0v) is 12.8. The number of aromatic nitrogens is 2. The third-order valence-corrected chi connectivity index (χ3v) is 4.47. The molecule has 18 heavy (non-hydrogen) atoms. The quantitative estimate of drug-likeness (QED) is 0.611. The Bertz CT molecular complexity index is 397. The highest BCUT2D eigenvalue weighted by Gasteiger charge is 2.32. The number of hydrogen-bond donors (Lipinski definition) is 1. The van der Waals surface area contributed by atoms with Crippen molar-refractivity contribution in [3.63, 3.8) is 0 Å². The van der Waals surface area contributed by atoms with Crippen LogP contribution in [0.3, 0.4) is 0 Å². The lowest BCUT2D eigenvalue weighted by Crippen LogP contribution is -2.50. The molecule has 0 spiro atoms. The van der Waals surface area contributed by atoms with Gasteiger partial charge in [0.2, 0.25) is 0 Å². The van der Waals surface area contributed by atoms with Gasteiger partial charge in [-0.3, -0.25) is 4.79 Å². The Hall–Kier alpha value is -0.660. The average Bonchev–Trinajstić information content (AvgIpc) is 2.74. The van der Waals surface area contributed by atoms with Crippen LogP contribution in [0, 0.1) is 6.92 Å². The van der Waals surface area contributed by atoms with Crippen molar-refractivity contribution in [2.75, 3.05) is 19.4 Å². The Kier molecular flexibility index (Phi) is 6.04. The zero-order valence-electron chi connectivity index (χ0n) is 11.1. The molecule has 1 N–H and O–H groups in total. The van der Waals surface area contributed by atoms with Crippen molar-refractivity contribution >= 4 is 29.3 Å². The maximum absolute atomic E-state index is 11.8. The van der Waals surface area contributed by atoms with Crippen LogP contribution >= 0.6 is 23.3 Å². The molecule has 0 radical (unpaired) electrons. The summed E-state index contributed by atoms with van der Waals surface area (Å²) in [5.74, 6) is 1.37. The molecule has 1 rings (SSSR count). The molecule has 1 atom stereocenters. The number of rotatable bonds is 7. The van der Waals surface area contributed by atoms with Crippen molar-refractivity contribution in [1.82, 2.24) is 14.7 Å². The first-order valence-corrected chi connectivity index (χ1v) is 7.54. The highest BCUT2D eigenvalue weighted by atomic mass is 32.2. The number of carbonyl (C=O) groups is 1. The largest absolute Gasteiger partial charge is 0.468 e. The molecule has 0 fully saturated rings. The molecule has 0 aliphatic heterocycles. The number of thioether (sulfide) groups is 1. The van der Waals surface area contributed by atoms with Crippen LogP contribution in [-0.2, 0) is 9.53 Å². The second-order valence-electron chi connectivity index (χ2n) is 4.06. The lowest BCUT2D eigenvalue weighted by molar-refractivity contribution is -0.147. The molecule has 0 saturated carbocycles. The summed E-state index contributed by atoms with van der Waals surface area (Å²) in [7, 11) is 1.42. The molecule has 1 heterocycles. The standard InChI is InChI=1S/C11H19N3O2S2/c1-5-12-11(3,9(15)16-4)6-7-17-10-13-8(2)14-18-10/h12H,5-7H2,1-4H3. The maximum Gasteiger partial charge on any atom is 0.325 e. The second-order valence-corrected chi connectivity index (χ2v) is 6.15. The van der Waals surface area contributed by atoms with Crippen molar-refractivity contribution in [2.45, 2.75) is 37.1 Å². The van der Waals surface area contributed by atoms with Crippen molar-refractivity contribution in [3.05, 3.63) is 5.82 Å². The summed E-state index contributed by atoms with van der Waals surface area (Å²) in [6.07, 6.45) is 0.691. The van der Waals surface area contributed by atoms with E-state index in [1.165, 1.54) is 18.6 Å². The fraction of sp³-hybridized carbons (Fsp3) is 0.727. The third kappa shape index (κ3) is 4.22. The number of methoxy groups -OCH3 is 1. The predicted molar refractivity (Wildman–Crippen MR) is 74.1 cm³/mol. The molecule has 1 unspecified atom stereocenters. The SMILES string of the molecule is CCNC(C)(CCSc1nc(C)ns1)C(=O)OC. The highest BCUT2D eigenvalue weighted by Crippen LogP contribution is 2.24. The molecule has 1 aromatic rings. The molecule has 0 aromatic carbocycles. The summed E-state index contributed by atoms with van der Waals surface area (Å²) in [5.41, 5.74) is -0.629. The molecule has 102 valence electrons. The van der Waals surface area contributed by atoms with Gasteiger partial charge in [-0.2, -0.15) is 4.37 Å². The van der Waals surface area contributed by atoms with E-state index in [-0.39, 0.29) is 5.97 Å². The van der Waals surface area contributed by atoms with Crippen molar-refractivity contribution in [3.8, 4) is 0 Å². The lowest BCUT2D eigenvalue weighted by atomic mass is 9.99. The van der Waals surface area contributed by atoms with Crippen LogP contribution < -0.4 is 5.32 Å². The Labute approximate surface area is 116 Å². The minimum absolute atomic E-state index is 0.224. The summed E-state index contributed by atoms with van der Waals surface area (Å²) in [6, 6.07) is 0. The Balaban J connectivity index is 2.49. The summed E-state index contributed by atoms with van der Waals surface area (Å²) in [6.45, 7) is 6.45. The number of nitrogens with zero attached hydrogens (tertiary/aromatic N) is 2. The van der Waals surface area contributed by atoms with E-state index in [2.05, 4.69) is 14.7 Å². The molecule has 7 heteroatoms. The van der Waals surface area contributed by atoms with E-state index in [4.69, 9.17) is 4.74 Å². The molecule has 0 aliphatic carbocycles. The number of ether oxygens (including phenoxy) is 1. The van der Waals surface area contributed by atoms with Gasteiger partial charge in [0.25, 0.3) is 0 Å². The van der Waals surface area contributed by atoms with Gasteiger partial charge in [0, 0.05) is 5.75 Å². The summed E-state index contributed by atoms with van der Waals surface area (Å²) < 4.78 is 9.90. The molecular weight excluding hydrogens is 270 g/mol. The number of esters is 1. The smallest absolute Gasteiger partial charge is 0.325 e. The molecule has 5 nitrogen and oxygen atoms in total. The first-order valence-electron chi connectivity index (χ1n) is 5.78. The van der Waals surface area contributed by atoms with E-state index in [0.717, 1.165) is 22.5 Å². The Morgan fingerprint density at radius 2 is 2.33 bits per heavy atom. The van der Waals surface area contributed by atoms with Crippen LogP contribution in [0.1, 0.15) is 26.1 Å². The van der Waals surface area contributed by atoms with E-state index >= 15 is 0 Å². The average molecular weight is 289 g/mol. The van der Waals surface area contributed by atoms with Gasteiger partial charge in [0.05, 0.1) is 7.11 Å². The van der Waals surface area contributed by atoms with E-state index in [1.807, 2.05) is 20.8 Å². The van der Waals surface area contributed by atoms with Gasteiger partial charge in [-0.15, -0.1) is 0 Å². The van der Waals surface area contributed by atoms with Gasteiger partial charge >= 0.3 is 5.97 Å². The van der Waals surface area contributed by atoms with E-state index in [9.17, 15) is 4.79 Å². The van der Waals surface area contributed by atoms with E-state index in [0.29, 0.717) is 6.42 Å². The first-order chi connectivity index (χ1) is 8.51. The minimum atomic E-state index is -0.629. The van der Waals surface area contributed by atoms with Crippen LogP contribution in [0.25, 0.3) is 0 Å². The maximum atomic E-state index is 11.8. The van der Waals surface area contributed by atoms with Gasteiger partial charge < -0.3 is 10.1 Å². The molecule has 0 bridgehead atoms. The van der Waals surface area contributed by atoms with Crippen molar-refractivity contribution < 1.29 is 9.53 Å². The normalized spacial score (nSPS) is 14.2. The number of nitrogens with one attached hydrogen (secondary N) is 1. The fourth-order valence-electron chi connectivity index (χ4n) is 1.56. The lowest BCUT2D eigenvalue weighted by Gasteiger charge is -2.27. The number of carbonyl (C=O) groups excluding carboxylic acids is 1. The van der Waals surface area contributed by atoms with Crippen molar-refractivity contribution in [1.29, 1.82) is 0 Å². The van der Waals surface area contributed by atoms with Gasteiger partial charge in [0.15, 0.2) is 4.34 Å². The second kappa shape index (κ2) is 7.06. The summed E-state index contributed by atoms with van der Waals surface area (Å²) >= 11 is 3.01. The zero-order chi connectivity index (χ0) is 13.6. The number of likely N-dealkylation sites (N-methyl/N-ethyl adjacent to an activating group) is 1. The van der Waals surface area contributed by atoms with E-state index in [1.54, 1.807) is 11.8 Å². The minimum Gasteiger partial charge on any atom is -0.468 e. The first kappa shape index (κ1) is 15.4. The van der Waals surface area contributed by atoms with Gasteiger partial charge in [-0.05, 0) is 38.3 Å². The Morgan fingerprint density at radius 3 is 2.83 bits per heavy atom. The number of aryl methyl sites for hydroxylation is 1. The molecule has 1 aromatic heterocycles. The van der Waals surface area contributed by atoms with Crippen LogP contribution in [0.2, 0.25) is 0 Å². The molecular formula is C11H19N3O2S2. The molecule has 0 saturated heterocycles. The van der Waals surface area contributed by atoms with Crippen LogP contribution in [0.15, 0.2) is 4.34 Å². The highest BCUT2D eigenvalue weighted by molar-refractivity contribution is 8.00. The predicted octanol–water partition coefficient (Wildman–Crippen LogP) is 1.87. The van der Waals surface area contributed by atoms with Crippen LogP contribution in [-0.4, -0.2) is 40.3 Å². The monoisotopic (exact) mass is 289 g/mol. The van der Waals surface area contributed by atoms with Crippen LogP contribution in [0.5, 0.6) is 0 Å². The summed E-state index contributed by atoms with van der Waals surface area (Å²) in [5, 5.41) is 3.18. The molecule has 0 amide bonds. The topological polar surface area (TPSA) is 64.1 Å². The van der Waals surface area contributed by atoms with Crippen LogP contribution in [0.4, 0.5) is 0 Å². The van der Waals surface area contributed by atoms with E-state index < -0.39 is 5.54 Å². The van der Waals surface area contributed by atoms with Gasteiger partial charge in [-0.1, -0.05) is 18.7 Å². The molecule has 0 aliphatic rings. The fourth-order valence-corrected chi connectivity index (χ4v) is 3.44. The van der Waals surface area contributed by atoms with Gasteiger partial charge in [-0.25, -0.2) is 4.98 Å². The van der Waals surface area contributed by atoms with Gasteiger partial charge in [0.1, 0.15) is 11.4 Å². The van der Waals surface area contributed by atoms with Crippen molar-refractivity contribution in [2.24, 2.45) is 0 Å². The third-order valence-electron chi connectivity index (χ3n) is 2.54.